The van der Waals surface area contributed by atoms with E-state index in [4.69, 9.17) is 0 Å². The molecule has 0 aromatic rings. The Hall–Kier alpha value is -2.41. The van der Waals surface area contributed by atoms with Crippen molar-refractivity contribution in [1.82, 2.24) is 0 Å². The first-order valence-electron chi connectivity index (χ1n) is 6.92. The molecule has 0 N–H and O–H groups in total. The first kappa shape index (κ1) is 18.6. The van der Waals surface area contributed by atoms with Crippen molar-refractivity contribution in [1.29, 1.82) is 0 Å². The molecule has 110 valence electrons. The van der Waals surface area contributed by atoms with Gasteiger partial charge in [0.1, 0.15) is 0 Å². The Labute approximate surface area is 129 Å². The summed E-state index contributed by atoms with van der Waals surface area (Å²) in [6.45, 7) is 17.3. The summed E-state index contributed by atoms with van der Waals surface area (Å²) in [5.74, 6) is 0. The van der Waals surface area contributed by atoms with Gasteiger partial charge in [0, 0.05) is 11.9 Å². The van der Waals surface area contributed by atoms with Gasteiger partial charge in [0.15, 0.2) is 0 Å². The number of hydrogen-bond donors (Lipinski definition) is 0. The zero-order valence-corrected chi connectivity index (χ0v) is 13.3. The van der Waals surface area contributed by atoms with Crippen LogP contribution >= 0.6 is 0 Å². The minimum atomic E-state index is 0.913. The summed E-state index contributed by atoms with van der Waals surface area (Å²) in [5.41, 5.74) is 3.99. The smallest absolute Gasteiger partial charge is 0.0441 e. The maximum atomic E-state index is 4.44. The van der Waals surface area contributed by atoms with Crippen molar-refractivity contribution >= 4 is 5.71 Å². The number of hydrogen-bond acceptors (Lipinski definition) is 1. The molecule has 0 aliphatic rings. The highest BCUT2D eigenvalue weighted by Crippen LogP contribution is 2.11. The molecule has 21 heavy (non-hydrogen) atoms. The molecule has 0 spiro atoms. The van der Waals surface area contributed by atoms with Gasteiger partial charge in [-0.3, -0.25) is 4.99 Å². The average molecular weight is 279 g/mol. The molecule has 0 heterocycles. The topological polar surface area (TPSA) is 12.4 Å². The number of nitrogens with zero attached hydrogens (tertiary/aromatic N) is 1. The fraction of sp³-hybridized carbons (Fsp3) is 0.150. The van der Waals surface area contributed by atoms with Crippen molar-refractivity contribution in [2.24, 2.45) is 4.99 Å². The highest BCUT2D eigenvalue weighted by molar-refractivity contribution is 6.01. The van der Waals surface area contributed by atoms with Gasteiger partial charge in [-0.2, -0.15) is 0 Å². The molecule has 0 unspecified atom stereocenters. The van der Waals surface area contributed by atoms with E-state index in [0.29, 0.717) is 0 Å². The van der Waals surface area contributed by atoms with E-state index < -0.39 is 0 Å². The summed E-state index contributed by atoms with van der Waals surface area (Å²) in [6.07, 6.45) is 18.9. The molecule has 0 aliphatic carbocycles. The minimum Gasteiger partial charge on any atom is -0.261 e. The van der Waals surface area contributed by atoms with Crippen molar-refractivity contribution in [3.63, 3.8) is 0 Å². The van der Waals surface area contributed by atoms with Gasteiger partial charge in [-0.25, -0.2) is 0 Å². The average Bonchev–Trinajstić information content (AvgIpc) is 2.48. The second-order valence-corrected chi connectivity index (χ2v) is 4.23. The Kier molecular flexibility index (Phi) is 10.1. The number of rotatable bonds is 8. The lowest BCUT2D eigenvalue weighted by atomic mass is 10.1. The number of allylic oxidation sites excluding steroid dienone is 12. The standard InChI is InChI=1S/C20H25N/c1-7-11-13-19(9-3)17(5)15-16-21-18(6)20(10-4)14-12-8-2/h7-16H,1-2,5H2,3-4,6H3/b13-11-,14-12-,16-15-,19-9+,20-10+,21-18+. The van der Waals surface area contributed by atoms with Crippen LogP contribution in [0.1, 0.15) is 20.8 Å². The Morgan fingerprint density at radius 1 is 0.857 bits per heavy atom. The highest BCUT2D eigenvalue weighted by atomic mass is 14.7. The van der Waals surface area contributed by atoms with Crippen molar-refractivity contribution in [2.45, 2.75) is 20.8 Å². The molecule has 0 atom stereocenters. The van der Waals surface area contributed by atoms with E-state index in [1.165, 1.54) is 0 Å². The molecule has 0 radical (unpaired) electrons. The van der Waals surface area contributed by atoms with E-state index in [2.05, 4.69) is 24.7 Å². The van der Waals surface area contributed by atoms with E-state index in [9.17, 15) is 0 Å². The molecular weight excluding hydrogens is 254 g/mol. The van der Waals surface area contributed by atoms with Gasteiger partial charge in [-0.05, 0) is 43.6 Å². The van der Waals surface area contributed by atoms with E-state index in [0.717, 1.165) is 22.4 Å². The van der Waals surface area contributed by atoms with Crippen LogP contribution in [-0.2, 0) is 0 Å². The maximum absolute atomic E-state index is 4.44. The lowest BCUT2D eigenvalue weighted by molar-refractivity contribution is 1.45. The van der Waals surface area contributed by atoms with Gasteiger partial charge in [0.2, 0.25) is 0 Å². The van der Waals surface area contributed by atoms with Crippen LogP contribution in [-0.4, -0.2) is 5.71 Å². The summed E-state index contributed by atoms with van der Waals surface area (Å²) in [4.78, 5) is 4.44. The molecule has 0 aromatic heterocycles. The second-order valence-electron chi connectivity index (χ2n) is 4.23. The molecule has 1 nitrogen and oxygen atoms in total. The third kappa shape index (κ3) is 7.68. The molecule has 0 aliphatic heterocycles. The molecule has 0 amide bonds. The molecule has 0 bridgehead atoms. The summed E-state index contributed by atoms with van der Waals surface area (Å²) < 4.78 is 0. The van der Waals surface area contributed by atoms with Crippen LogP contribution in [0.15, 0.2) is 102 Å². The SMILES string of the molecule is C=C/C=C\C(=C/C)C(=C)\C=C/N=C(C)/C(/C=C\C=C)=C/C. The van der Waals surface area contributed by atoms with Crippen LogP contribution in [0.2, 0.25) is 0 Å². The van der Waals surface area contributed by atoms with Crippen molar-refractivity contribution in [3.8, 4) is 0 Å². The Bertz CT molecular complexity index is 546. The predicted octanol–water partition coefficient (Wildman–Crippen LogP) is 5.89. The lowest BCUT2D eigenvalue weighted by Gasteiger charge is -2.01. The Morgan fingerprint density at radius 3 is 1.86 bits per heavy atom. The Balaban J connectivity index is 4.96. The summed E-state index contributed by atoms with van der Waals surface area (Å²) in [5, 5.41) is 0. The van der Waals surface area contributed by atoms with Crippen molar-refractivity contribution in [3.05, 3.63) is 97.3 Å². The molecular formula is C20H25N. The zero-order chi connectivity index (χ0) is 16.1. The van der Waals surface area contributed by atoms with E-state index >= 15 is 0 Å². The minimum absolute atomic E-state index is 0.913. The molecule has 0 rings (SSSR count). The third-order valence-electron chi connectivity index (χ3n) is 2.78. The largest absolute Gasteiger partial charge is 0.261 e. The van der Waals surface area contributed by atoms with Crippen LogP contribution < -0.4 is 0 Å². The van der Waals surface area contributed by atoms with Gasteiger partial charge < -0.3 is 0 Å². The van der Waals surface area contributed by atoms with Gasteiger partial charge >= 0.3 is 0 Å². The quantitative estimate of drug-likeness (QED) is 0.388. The molecule has 0 aromatic carbocycles. The zero-order valence-electron chi connectivity index (χ0n) is 13.3. The van der Waals surface area contributed by atoms with E-state index in [1.54, 1.807) is 18.4 Å². The van der Waals surface area contributed by atoms with E-state index in [1.807, 2.05) is 63.3 Å². The maximum Gasteiger partial charge on any atom is 0.0441 e. The normalized spacial score (nSPS) is 14.3. The van der Waals surface area contributed by atoms with Gasteiger partial charge in [0.25, 0.3) is 0 Å². The molecule has 0 fully saturated rings. The molecule has 0 saturated heterocycles. The van der Waals surface area contributed by atoms with Gasteiger partial charge in [-0.15, -0.1) is 0 Å². The fourth-order valence-corrected chi connectivity index (χ4v) is 1.57. The van der Waals surface area contributed by atoms with E-state index in [-0.39, 0.29) is 0 Å². The summed E-state index contributed by atoms with van der Waals surface area (Å²) in [6, 6.07) is 0. The van der Waals surface area contributed by atoms with Gasteiger partial charge in [0.05, 0.1) is 0 Å². The third-order valence-corrected chi connectivity index (χ3v) is 2.78. The lowest BCUT2D eigenvalue weighted by Crippen LogP contribution is -1.93. The van der Waals surface area contributed by atoms with Gasteiger partial charge in [-0.1, -0.05) is 68.3 Å². The first-order chi connectivity index (χ1) is 10.1. The monoisotopic (exact) mass is 279 g/mol. The first-order valence-corrected chi connectivity index (χ1v) is 6.92. The van der Waals surface area contributed by atoms with Crippen LogP contribution in [0.3, 0.4) is 0 Å². The molecule has 0 saturated carbocycles. The number of aliphatic imine (C=N–C) groups is 1. The second kappa shape index (κ2) is 11.4. The summed E-state index contributed by atoms with van der Waals surface area (Å²) >= 11 is 0. The van der Waals surface area contributed by atoms with Crippen molar-refractivity contribution in [2.75, 3.05) is 0 Å². The van der Waals surface area contributed by atoms with Crippen LogP contribution in [0.25, 0.3) is 0 Å². The predicted molar refractivity (Wildman–Crippen MR) is 97.6 cm³/mol. The summed E-state index contributed by atoms with van der Waals surface area (Å²) in [7, 11) is 0. The molecule has 1 heteroatoms. The van der Waals surface area contributed by atoms with Crippen molar-refractivity contribution < 1.29 is 0 Å². The highest BCUT2D eigenvalue weighted by Gasteiger charge is 1.95. The fourth-order valence-electron chi connectivity index (χ4n) is 1.57. The van der Waals surface area contributed by atoms with Crippen LogP contribution in [0.5, 0.6) is 0 Å². The van der Waals surface area contributed by atoms with Crippen LogP contribution in [0, 0.1) is 0 Å². The Morgan fingerprint density at radius 2 is 1.38 bits per heavy atom. The van der Waals surface area contributed by atoms with Crippen LogP contribution in [0.4, 0.5) is 0 Å².